The molecule has 5 heteroatoms. The van der Waals surface area contributed by atoms with Crippen LogP contribution >= 0.6 is 0 Å². The molecular weight excluding hydrogens is 280 g/mol. The number of nitrogens with zero attached hydrogens (tertiary/aromatic N) is 1. The van der Waals surface area contributed by atoms with Crippen molar-refractivity contribution in [3.8, 4) is 0 Å². The van der Waals surface area contributed by atoms with Gasteiger partial charge in [0, 0.05) is 13.0 Å². The van der Waals surface area contributed by atoms with Gasteiger partial charge in [-0.15, -0.1) is 0 Å². The summed E-state index contributed by atoms with van der Waals surface area (Å²) in [5, 5.41) is 12.6. The van der Waals surface area contributed by atoms with Gasteiger partial charge in [0.1, 0.15) is 0 Å². The van der Waals surface area contributed by atoms with E-state index in [9.17, 15) is 14.7 Å². The van der Waals surface area contributed by atoms with Gasteiger partial charge in [0.25, 0.3) is 0 Å². The molecule has 1 saturated carbocycles. The van der Waals surface area contributed by atoms with Crippen molar-refractivity contribution in [2.24, 2.45) is 5.92 Å². The maximum absolute atomic E-state index is 12.3. The Labute approximate surface area is 130 Å². The van der Waals surface area contributed by atoms with Crippen LogP contribution < -0.4 is 5.32 Å². The van der Waals surface area contributed by atoms with E-state index < -0.39 is 0 Å². The zero-order valence-electron chi connectivity index (χ0n) is 12.6. The van der Waals surface area contributed by atoms with Crippen LogP contribution in [0.2, 0.25) is 0 Å². The van der Waals surface area contributed by atoms with E-state index in [2.05, 4.69) is 5.32 Å². The lowest BCUT2D eigenvalue weighted by atomic mass is 9.75. The van der Waals surface area contributed by atoms with Crippen LogP contribution in [0.4, 0.5) is 0 Å². The second kappa shape index (κ2) is 6.48. The van der Waals surface area contributed by atoms with Crippen molar-refractivity contribution < 1.29 is 14.7 Å². The zero-order chi connectivity index (χ0) is 15.5. The van der Waals surface area contributed by atoms with Gasteiger partial charge in [-0.05, 0) is 30.7 Å². The van der Waals surface area contributed by atoms with Crippen LogP contribution in [0.15, 0.2) is 30.3 Å². The van der Waals surface area contributed by atoms with E-state index in [0.717, 1.165) is 12.0 Å². The number of aliphatic hydroxyl groups excluding tert-OH is 1. The molecule has 1 aliphatic heterocycles. The lowest BCUT2D eigenvalue weighted by Crippen LogP contribution is -2.45. The van der Waals surface area contributed by atoms with Gasteiger partial charge in [0.05, 0.1) is 18.7 Å². The fraction of sp³-hybridized carbons (Fsp3) is 0.529. The molecule has 1 unspecified atom stereocenters. The van der Waals surface area contributed by atoms with Crippen molar-refractivity contribution in [1.82, 2.24) is 10.2 Å². The summed E-state index contributed by atoms with van der Waals surface area (Å²) < 4.78 is 0. The molecule has 1 aliphatic carbocycles. The number of aliphatic hydroxyl groups is 1. The molecule has 1 heterocycles. The van der Waals surface area contributed by atoms with Gasteiger partial charge in [-0.2, -0.15) is 0 Å². The average Bonchev–Trinajstić information content (AvgIpc) is 2.88. The SMILES string of the molecule is O=C(CN1CCCC1=O)NC(c1ccccc1)C1CC(O)C1. The van der Waals surface area contributed by atoms with Crippen molar-refractivity contribution in [3.63, 3.8) is 0 Å². The summed E-state index contributed by atoms with van der Waals surface area (Å²) >= 11 is 0. The number of nitrogens with one attached hydrogen (secondary N) is 1. The fourth-order valence-electron chi connectivity index (χ4n) is 3.30. The molecule has 118 valence electrons. The van der Waals surface area contributed by atoms with E-state index >= 15 is 0 Å². The Morgan fingerprint density at radius 2 is 2.05 bits per heavy atom. The van der Waals surface area contributed by atoms with Gasteiger partial charge in [-0.1, -0.05) is 30.3 Å². The van der Waals surface area contributed by atoms with Crippen molar-refractivity contribution >= 4 is 11.8 Å². The quantitative estimate of drug-likeness (QED) is 0.859. The van der Waals surface area contributed by atoms with E-state index in [0.29, 0.717) is 25.8 Å². The first kappa shape index (κ1) is 15.0. The summed E-state index contributed by atoms with van der Waals surface area (Å²) in [6.45, 7) is 0.807. The van der Waals surface area contributed by atoms with Crippen molar-refractivity contribution in [2.75, 3.05) is 13.1 Å². The van der Waals surface area contributed by atoms with Gasteiger partial charge >= 0.3 is 0 Å². The topological polar surface area (TPSA) is 69.6 Å². The first-order valence-electron chi connectivity index (χ1n) is 7.93. The van der Waals surface area contributed by atoms with Crippen molar-refractivity contribution in [2.45, 2.75) is 37.8 Å². The third kappa shape index (κ3) is 3.30. The van der Waals surface area contributed by atoms with Gasteiger partial charge in [0.2, 0.25) is 11.8 Å². The summed E-state index contributed by atoms with van der Waals surface area (Å²) in [4.78, 5) is 25.5. The first-order valence-corrected chi connectivity index (χ1v) is 7.93. The molecule has 22 heavy (non-hydrogen) atoms. The highest BCUT2D eigenvalue weighted by atomic mass is 16.3. The molecular formula is C17H22N2O3. The minimum Gasteiger partial charge on any atom is -0.393 e. The molecule has 1 atom stereocenters. The van der Waals surface area contributed by atoms with Crippen LogP contribution in [-0.2, 0) is 9.59 Å². The molecule has 1 aromatic rings. The Morgan fingerprint density at radius 3 is 2.64 bits per heavy atom. The summed E-state index contributed by atoms with van der Waals surface area (Å²) in [6.07, 6.45) is 2.55. The number of amides is 2. The normalized spacial score (nSPS) is 25.7. The van der Waals surface area contributed by atoms with E-state index in [1.54, 1.807) is 4.90 Å². The molecule has 1 aromatic carbocycles. The second-order valence-electron chi connectivity index (χ2n) is 6.26. The number of hydrogen-bond acceptors (Lipinski definition) is 3. The Balaban J connectivity index is 1.65. The first-order chi connectivity index (χ1) is 10.6. The van der Waals surface area contributed by atoms with Crippen LogP contribution in [-0.4, -0.2) is 41.0 Å². The monoisotopic (exact) mass is 302 g/mol. The van der Waals surface area contributed by atoms with E-state index in [1.807, 2.05) is 30.3 Å². The Bertz CT molecular complexity index is 540. The fourth-order valence-corrected chi connectivity index (χ4v) is 3.30. The van der Waals surface area contributed by atoms with E-state index in [1.165, 1.54) is 0 Å². The molecule has 2 amide bonds. The largest absolute Gasteiger partial charge is 0.393 e. The molecule has 2 fully saturated rings. The Kier molecular flexibility index (Phi) is 4.43. The smallest absolute Gasteiger partial charge is 0.240 e. The molecule has 2 N–H and O–H groups in total. The highest BCUT2D eigenvalue weighted by Gasteiger charge is 2.36. The number of rotatable bonds is 5. The number of benzene rings is 1. The summed E-state index contributed by atoms with van der Waals surface area (Å²) in [6, 6.07) is 9.75. The molecule has 2 aliphatic rings. The number of likely N-dealkylation sites (tertiary alicyclic amines) is 1. The number of carbonyl (C=O) groups excluding carboxylic acids is 2. The van der Waals surface area contributed by atoms with E-state index in [-0.39, 0.29) is 36.4 Å². The molecule has 0 radical (unpaired) electrons. The van der Waals surface area contributed by atoms with Crippen molar-refractivity contribution in [1.29, 1.82) is 0 Å². The zero-order valence-corrected chi connectivity index (χ0v) is 12.6. The third-order valence-corrected chi connectivity index (χ3v) is 4.60. The van der Waals surface area contributed by atoms with Crippen molar-refractivity contribution in [3.05, 3.63) is 35.9 Å². The van der Waals surface area contributed by atoms with Crippen LogP contribution in [0.3, 0.4) is 0 Å². The maximum atomic E-state index is 12.3. The van der Waals surface area contributed by atoms with Gasteiger partial charge in [-0.25, -0.2) is 0 Å². The predicted octanol–water partition coefficient (Wildman–Crippen LogP) is 1.24. The standard InChI is InChI=1S/C17H22N2O3/c20-14-9-13(10-14)17(12-5-2-1-3-6-12)18-15(21)11-19-8-4-7-16(19)22/h1-3,5-6,13-14,17,20H,4,7-11H2,(H,18,21). The minimum atomic E-state index is -0.256. The average molecular weight is 302 g/mol. The van der Waals surface area contributed by atoms with E-state index in [4.69, 9.17) is 0 Å². The molecule has 0 bridgehead atoms. The lowest BCUT2D eigenvalue weighted by Gasteiger charge is -2.38. The molecule has 3 rings (SSSR count). The lowest BCUT2D eigenvalue weighted by molar-refractivity contribution is -0.133. The predicted molar refractivity (Wildman–Crippen MR) is 81.9 cm³/mol. The minimum absolute atomic E-state index is 0.0606. The molecule has 0 aromatic heterocycles. The van der Waals surface area contributed by atoms with Crippen LogP contribution in [0.25, 0.3) is 0 Å². The number of carbonyl (C=O) groups is 2. The molecule has 5 nitrogen and oxygen atoms in total. The summed E-state index contributed by atoms with van der Waals surface area (Å²) in [5.41, 5.74) is 1.06. The highest BCUT2D eigenvalue weighted by Crippen LogP contribution is 2.38. The summed E-state index contributed by atoms with van der Waals surface area (Å²) in [5.74, 6) is 0.201. The third-order valence-electron chi connectivity index (χ3n) is 4.60. The van der Waals surface area contributed by atoms with Gasteiger partial charge in [0.15, 0.2) is 0 Å². The summed E-state index contributed by atoms with van der Waals surface area (Å²) in [7, 11) is 0. The molecule has 0 spiro atoms. The van der Waals surface area contributed by atoms with Crippen LogP contribution in [0, 0.1) is 5.92 Å². The molecule has 1 saturated heterocycles. The number of hydrogen-bond donors (Lipinski definition) is 2. The van der Waals surface area contributed by atoms with Crippen LogP contribution in [0.1, 0.15) is 37.3 Å². The van der Waals surface area contributed by atoms with Gasteiger partial charge in [-0.3, -0.25) is 9.59 Å². The highest BCUT2D eigenvalue weighted by molar-refractivity contribution is 5.86. The van der Waals surface area contributed by atoms with Gasteiger partial charge < -0.3 is 15.3 Å². The second-order valence-corrected chi connectivity index (χ2v) is 6.26. The van der Waals surface area contributed by atoms with Crippen LogP contribution in [0.5, 0.6) is 0 Å². The Morgan fingerprint density at radius 1 is 1.32 bits per heavy atom. The Hall–Kier alpha value is -1.88. The maximum Gasteiger partial charge on any atom is 0.240 e.